The number of para-hydroxylation sites is 1. The zero-order valence-electron chi connectivity index (χ0n) is 10.5. The number of fused-ring (bicyclic) bond motifs is 2. The van der Waals surface area contributed by atoms with Gasteiger partial charge < -0.3 is 0 Å². The van der Waals surface area contributed by atoms with Gasteiger partial charge >= 0.3 is 0 Å². The fourth-order valence-corrected chi connectivity index (χ4v) is 2.67. The maximum atomic E-state index is 4.75. The van der Waals surface area contributed by atoms with Crippen LogP contribution in [0, 0.1) is 0 Å². The van der Waals surface area contributed by atoms with Crippen molar-refractivity contribution in [1.29, 1.82) is 0 Å². The zero-order chi connectivity index (χ0) is 12.7. The number of nitrogens with zero attached hydrogens (tertiary/aromatic N) is 1. The molecule has 0 saturated carbocycles. The van der Waals surface area contributed by atoms with Crippen LogP contribution < -0.4 is 0 Å². The predicted octanol–water partition coefficient (Wildman–Crippen LogP) is 4.52. The van der Waals surface area contributed by atoms with Crippen molar-refractivity contribution < 1.29 is 0 Å². The molecule has 1 aliphatic heterocycles. The SMILES string of the molecule is c1ccc2c(c1)CC(c1ccc3ccccc3c1)=N2. The van der Waals surface area contributed by atoms with Gasteiger partial charge in [0.05, 0.1) is 11.4 Å². The van der Waals surface area contributed by atoms with E-state index in [1.54, 1.807) is 0 Å². The molecule has 3 aromatic rings. The lowest BCUT2D eigenvalue weighted by Crippen LogP contribution is -1.99. The molecule has 0 fully saturated rings. The Hall–Kier alpha value is -2.41. The number of hydrogen-bond donors (Lipinski definition) is 0. The van der Waals surface area contributed by atoms with E-state index in [0.29, 0.717) is 0 Å². The minimum absolute atomic E-state index is 0.939. The molecule has 0 aliphatic carbocycles. The number of hydrogen-bond acceptors (Lipinski definition) is 1. The van der Waals surface area contributed by atoms with Crippen LogP contribution in [-0.4, -0.2) is 5.71 Å². The van der Waals surface area contributed by atoms with Gasteiger partial charge in [0.2, 0.25) is 0 Å². The highest BCUT2D eigenvalue weighted by atomic mass is 14.8. The summed E-state index contributed by atoms with van der Waals surface area (Å²) >= 11 is 0. The van der Waals surface area contributed by atoms with E-state index in [1.807, 2.05) is 6.07 Å². The normalized spacial score (nSPS) is 13.4. The van der Waals surface area contributed by atoms with Gasteiger partial charge in [-0.2, -0.15) is 0 Å². The van der Waals surface area contributed by atoms with Crippen LogP contribution in [0.1, 0.15) is 11.1 Å². The van der Waals surface area contributed by atoms with Crippen LogP contribution in [-0.2, 0) is 6.42 Å². The summed E-state index contributed by atoms with van der Waals surface area (Å²) in [5, 5.41) is 2.56. The Labute approximate surface area is 112 Å². The van der Waals surface area contributed by atoms with Gasteiger partial charge in [-0.25, -0.2) is 0 Å². The summed E-state index contributed by atoms with van der Waals surface area (Å²) in [5.41, 5.74) is 4.85. The maximum absolute atomic E-state index is 4.75. The van der Waals surface area contributed by atoms with E-state index in [-0.39, 0.29) is 0 Å². The Bertz CT molecular complexity index is 799. The van der Waals surface area contributed by atoms with Crippen molar-refractivity contribution in [3.05, 3.63) is 77.9 Å². The molecule has 0 saturated heterocycles. The Balaban J connectivity index is 1.81. The van der Waals surface area contributed by atoms with Gasteiger partial charge in [-0.1, -0.05) is 54.6 Å². The molecule has 0 spiro atoms. The van der Waals surface area contributed by atoms with E-state index in [2.05, 4.69) is 60.7 Å². The van der Waals surface area contributed by atoms with E-state index in [1.165, 1.54) is 27.6 Å². The Morgan fingerprint density at radius 2 is 1.53 bits per heavy atom. The molecule has 0 radical (unpaired) electrons. The molecule has 1 aliphatic rings. The van der Waals surface area contributed by atoms with Crippen molar-refractivity contribution in [2.24, 2.45) is 4.99 Å². The van der Waals surface area contributed by atoms with Crippen LogP contribution in [0.3, 0.4) is 0 Å². The molecular weight excluding hydrogens is 230 g/mol. The molecule has 3 aromatic carbocycles. The first-order chi connectivity index (χ1) is 9.40. The van der Waals surface area contributed by atoms with E-state index in [0.717, 1.165) is 12.1 Å². The Morgan fingerprint density at radius 1 is 0.737 bits per heavy atom. The van der Waals surface area contributed by atoms with Crippen LogP contribution in [0.5, 0.6) is 0 Å². The first kappa shape index (κ1) is 10.5. The van der Waals surface area contributed by atoms with Crippen molar-refractivity contribution >= 4 is 22.2 Å². The highest BCUT2D eigenvalue weighted by Gasteiger charge is 2.15. The third kappa shape index (κ3) is 1.75. The van der Waals surface area contributed by atoms with Gasteiger partial charge in [-0.05, 0) is 34.0 Å². The predicted molar refractivity (Wildman–Crippen MR) is 80.3 cm³/mol. The van der Waals surface area contributed by atoms with Crippen molar-refractivity contribution in [3.63, 3.8) is 0 Å². The quantitative estimate of drug-likeness (QED) is 0.596. The van der Waals surface area contributed by atoms with Gasteiger partial charge in [0.25, 0.3) is 0 Å². The van der Waals surface area contributed by atoms with Crippen molar-refractivity contribution in [1.82, 2.24) is 0 Å². The van der Waals surface area contributed by atoms with Crippen molar-refractivity contribution in [3.8, 4) is 0 Å². The summed E-state index contributed by atoms with van der Waals surface area (Å²) in [6, 6.07) is 23.4. The Kier molecular flexibility index (Phi) is 2.25. The number of aliphatic imine (C=N–C) groups is 1. The summed E-state index contributed by atoms with van der Waals surface area (Å²) in [5.74, 6) is 0. The minimum atomic E-state index is 0.939. The largest absolute Gasteiger partial charge is 0.252 e. The van der Waals surface area contributed by atoms with E-state index in [4.69, 9.17) is 4.99 Å². The van der Waals surface area contributed by atoms with Crippen molar-refractivity contribution in [2.75, 3.05) is 0 Å². The van der Waals surface area contributed by atoms with Crippen LogP contribution in [0.25, 0.3) is 10.8 Å². The average Bonchev–Trinajstić information content (AvgIpc) is 2.90. The first-order valence-corrected chi connectivity index (χ1v) is 6.55. The fraction of sp³-hybridized carbons (Fsp3) is 0.0556. The lowest BCUT2D eigenvalue weighted by atomic mass is 10.0. The third-order valence-corrected chi connectivity index (χ3v) is 3.69. The molecule has 4 rings (SSSR count). The molecule has 1 heteroatoms. The lowest BCUT2D eigenvalue weighted by Gasteiger charge is -2.03. The minimum Gasteiger partial charge on any atom is -0.252 e. The molecule has 0 N–H and O–H groups in total. The highest BCUT2D eigenvalue weighted by Crippen LogP contribution is 2.29. The molecular formula is C18H13N. The summed E-state index contributed by atoms with van der Waals surface area (Å²) in [6.07, 6.45) is 0.939. The summed E-state index contributed by atoms with van der Waals surface area (Å²) in [6.45, 7) is 0. The summed E-state index contributed by atoms with van der Waals surface area (Å²) < 4.78 is 0. The van der Waals surface area contributed by atoms with Gasteiger partial charge in [-0.3, -0.25) is 4.99 Å². The summed E-state index contributed by atoms with van der Waals surface area (Å²) in [4.78, 5) is 4.75. The standard InChI is InChI=1S/C18H13N/c1-2-6-14-11-16(10-9-13(14)5-1)18-12-15-7-3-4-8-17(15)19-18/h1-11H,12H2. The van der Waals surface area contributed by atoms with Crippen LogP contribution >= 0.6 is 0 Å². The molecule has 0 atom stereocenters. The zero-order valence-corrected chi connectivity index (χ0v) is 10.5. The number of benzene rings is 3. The molecule has 0 amide bonds. The van der Waals surface area contributed by atoms with Crippen molar-refractivity contribution in [2.45, 2.75) is 6.42 Å². The molecule has 0 unspecified atom stereocenters. The third-order valence-electron chi connectivity index (χ3n) is 3.69. The smallest absolute Gasteiger partial charge is 0.0669 e. The van der Waals surface area contributed by atoms with Crippen LogP contribution in [0.2, 0.25) is 0 Å². The number of rotatable bonds is 1. The molecule has 1 heterocycles. The molecule has 90 valence electrons. The topological polar surface area (TPSA) is 12.4 Å². The van der Waals surface area contributed by atoms with Gasteiger partial charge in [0.1, 0.15) is 0 Å². The van der Waals surface area contributed by atoms with Crippen LogP contribution in [0.4, 0.5) is 5.69 Å². The fourth-order valence-electron chi connectivity index (χ4n) is 2.67. The van der Waals surface area contributed by atoms with Crippen LogP contribution in [0.15, 0.2) is 71.7 Å². The summed E-state index contributed by atoms with van der Waals surface area (Å²) in [7, 11) is 0. The molecule has 0 bridgehead atoms. The second kappa shape index (κ2) is 4.06. The lowest BCUT2D eigenvalue weighted by molar-refractivity contribution is 1.39. The molecule has 19 heavy (non-hydrogen) atoms. The van der Waals surface area contributed by atoms with Gasteiger partial charge in [-0.15, -0.1) is 0 Å². The highest BCUT2D eigenvalue weighted by molar-refractivity contribution is 6.08. The molecule has 0 aromatic heterocycles. The second-order valence-corrected chi connectivity index (χ2v) is 4.93. The van der Waals surface area contributed by atoms with Gasteiger partial charge in [0, 0.05) is 6.42 Å². The van der Waals surface area contributed by atoms with E-state index in [9.17, 15) is 0 Å². The van der Waals surface area contributed by atoms with E-state index < -0.39 is 0 Å². The molecule has 1 nitrogen and oxygen atoms in total. The second-order valence-electron chi connectivity index (χ2n) is 4.93. The first-order valence-electron chi connectivity index (χ1n) is 6.55. The average molecular weight is 243 g/mol. The monoisotopic (exact) mass is 243 g/mol. The maximum Gasteiger partial charge on any atom is 0.0669 e. The van der Waals surface area contributed by atoms with E-state index >= 15 is 0 Å². The van der Waals surface area contributed by atoms with Gasteiger partial charge in [0.15, 0.2) is 0 Å². The Morgan fingerprint density at radius 3 is 2.42 bits per heavy atom.